The van der Waals surface area contributed by atoms with E-state index < -0.39 is 5.97 Å². The first-order valence-electron chi connectivity index (χ1n) is 6.95. The molecule has 1 fully saturated rings. The number of carboxylic acid groups (broad SMARTS) is 1. The molecule has 2 heterocycles. The Labute approximate surface area is 120 Å². The summed E-state index contributed by atoms with van der Waals surface area (Å²) in [4.78, 5) is 24.8. The Kier molecular flexibility index (Phi) is 3.55. The van der Waals surface area contributed by atoms with Gasteiger partial charge in [0.2, 0.25) is 0 Å². The number of aromatic amines is 1. The van der Waals surface area contributed by atoms with Crippen LogP contribution in [0.2, 0.25) is 0 Å². The Morgan fingerprint density at radius 3 is 2.95 bits per heavy atom. The SMILES string of the molecule is O=C(O)CCC1CCN(C(=O)c2ccc3n[nH]nc3c2)C1. The number of carbonyl (C=O) groups is 2. The van der Waals surface area contributed by atoms with Crippen LogP contribution in [-0.4, -0.2) is 50.4 Å². The second-order valence-corrected chi connectivity index (χ2v) is 5.37. The second kappa shape index (κ2) is 5.51. The van der Waals surface area contributed by atoms with Gasteiger partial charge in [0.1, 0.15) is 11.0 Å². The lowest BCUT2D eigenvalue weighted by Crippen LogP contribution is -2.28. The number of nitrogens with one attached hydrogen (secondary N) is 1. The maximum absolute atomic E-state index is 12.4. The molecule has 1 saturated heterocycles. The van der Waals surface area contributed by atoms with Crippen molar-refractivity contribution in [1.82, 2.24) is 20.3 Å². The summed E-state index contributed by atoms with van der Waals surface area (Å²) >= 11 is 0. The molecular formula is C14H16N4O3. The number of H-pyrrole nitrogens is 1. The number of carboxylic acids is 1. The fraction of sp³-hybridized carbons (Fsp3) is 0.429. The van der Waals surface area contributed by atoms with Crippen LogP contribution in [-0.2, 0) is 4.79 Å². The van der Waals surface area contributed by atoms with Gasteiger partial charge < -0.3 is 10.0 Å². The highest BCUT2D eigenvalue weighted by atomic mass is 16.4. The number of likely N-dealkylation sites (tertiary alicyclic amines) is 1. The quantitative estimate of drug-likeness (QED) is 0.883. The molecule has 0 spiro atoms. The van der Waals surface area contributed by atoms with Gasteiger partial charge in [0.25, 0.3) is 5.91 Å². The van der Waals surface area contributed by atoms with E-state index in [0.29, 0.717) is 30.6 Å². The molecule has 110 valence electrons. The molecule has 0 aliphatic carbocycles. The third kappa shape index (κ3) is 2.86. The molecule has 1 aromatic heterocycles. The first-order valence-corrected chi connectivity index (χ1v) is 6.95. The Morgan fingerprint density at radius 2 is 2.14 bits per heavy atom. The monoisotopic (exact) mass is 288 g/mol. The molecule has 1 aliphatic rings. The number of carbonyl (C=O) groups excluding carboxylic acids is 1. The minimum Gasteiger partial charge on any atom is -0.481 e. The minimum atomic E-state index is -0.781. The maximum Gasteiger partial charge on any atom is 0.303 e. The molecule has 0 radical (unpaired) electrons. The van der Waals surface area contributed by atoms with Gasteiger partial charge in [-0.3, -0.25) is 9.59 Å². The summed E-state index contributed by atoms with van der Waals surface area (Å²) in [7, 11) is 0. The van der Waals surface area contributed by atoms with Crippen LogP contribution >= 0.6 is 0 Å². The third-order valence-corrected chi connectivity index (χ3v) is 3.90. The zero-order chi connectivity index (χ0) is 14.8. The van der Waals surface area contributed by atoms with Gasteiger partial charge in [-0.2, -0.15) is 15.4 Å². The first-order chi connectivity index (χ1) is 10.1. The number of nitrogens with zero attached hydrogens (tertiary/aromatic N) is 3. The van der Waals surface area contributed by atoms with Gasteiger partial charge in [0.15, 0.2) is 0 Å². The summed E-state index contributed by atoms with van der Waals surface area (Å²) in [5.74, 6) is -0.533. The highest BCUT2D eigenvalue weighted by molar-refractivity contribution is 5.97. The Morgan fingerprint density at radius 1 is 1.33 bits per heavy atom. The number of aliphatic carboxylic acids is 1. The summed E-state index contributed by atoms with van der Waals surface area (Å²) in [6, 6.07) is 5.24. The highest BCUT2D eigenvalue weighted by Gasteiger charge is 2.27. The fourth-order valence-electron chi connectivity index (χ4n) is 2.74. The molecule has 7 nitrogen and oxygen atoms in total. The van der Waals surface area contributed by atoms with Gasteiger partial charge >= 0.3 is 5.97 Å². The normalized spacial score (nSPS) is 18.3. The average Bonchev–Trinajstić information content (AvgIpc) is 3.12. The molecule has 1 aromatic carbocycles. The second-order valence-electron chi connectivity index (χ2n) is 5.37. The van der Waals surface area contributed by atoms with Crippen molar-refractivity contribution in [2.24, 2.45) is 5.92 Å². The molecule has 2 aromatic rings. The van der Waals surface area contributed by atoms with Gasteiger partial charge in [-0.05, 0) is 37.0 Å². The Hall–Kier alpha value is -2.44. The molecule has 1 unspecified atom stereocenters. The van der Waals surface area contributed by atoms with Crippen molar-refractivity contribution in [3.63, 3.8) is 0 Å². The summed E-state index contributed by atoms with van der Waals surface area (Å²) in [6.45, 7) is 1.31. The number of fused-ring (bicyclic) bond motifs is 1. The molecule has 3 rings (SSSR count). The van der Waals surface area contributed by atoms with E-state index in [-0.39, 0.29) is 18.2 Å². The third-order valence-electron chi connectivity index (χ3n) is 3.90. The predicted molar refractivity (Wildman–Crippen MR) is 74.8 cm³/mol. The number of benzene rings is 1. The molecule has 1 amide bonds. The molecule has 21 heavy (non-hydrogen) atoms. The van der Waals surface area contributed by atoms with Gasteiger partial charge in [0, 0.05) is 25.1 Å². The number of amides is 1. The number of hydrogen-bond donors (Lipinski definition) is 2. The first kappa shape index (κ1) is 13.5. The molecule has 7 heteroatoms. The van der Waals surface area contributed by atoms with Crippen LogP contribution in [0.4, 0.5) is 0 Å². The summed E-state index contributed by atoms with van der Waals surface area (Å²) in [6.07, 6.45) is 1.66. The maximum atomic E-state index is 12.4. The zero-order valence-corrected chi connectivity index (χ0v) is 11.5. The lowest BCUT2D eigenvalue weighted by Gasteiger charge is -2.16. The van der Waals surface area contributed by atoms with Crippen molar-refractivity contribution >= 4 is 22.9 Å². The zero-order valence-electron chi connectivity index (χ0n) is 11.5. The molecule has 2 N–H and O–H groups in total. The van der Waals surface area contributed by atoms with Gasteiger partial charge in [-0.1, -0.05) is 0 Å². The lowest BCUT2D eigenvalue weighted by atomic mass is 10.0. The molecule has 1 atom stereocenters. The summed E-state index contributed by atoms with van der Waals surface area (Å²) in [5, 5.41) is 19.2. The number of hydrogen-bond acceptors (Lipinski definition) is 4. The van der Waals surface area contributed by atoms with E-state index in [1.54, 1.807) is 23.1 Å². The van der Waals surface area contributed by atoms with Crippen LogP contribution in [0.5, 0.6) is 0 Å². The van der Waals surface area contributed by atoms with E-state index in [1.807, 2.05) is 0 Å². The number of aromatic nitrogens is 3. The molecular weight excluding hydrogens is 272 g/mol. The van der Waals surface area contributed by atoms with Crippen molar-refractivity contribution in [3.05, 3.63) is 23.8 Å². The van der Waals surface area contributed by atoms with Gasteiger partial charge in [0.05, 0.1) is 0 Å². The van der Waals surface area contributed by atoms with Crippen LogP contribution < -0.4 is 0 Å². The molecule has 0 bridgehead atoms. The predicted octanol–water partition coefficient (Wildman–Crippen LogP) is 1.28. The Balaban J connectivity index is 1.66. The van der Waals surface area contributed by atoms with Crippen molar-refractivity contribution in [2.45, 2.75) is 19.3 Å². The van der Waals surface area contributed by atoms with E-state index >= 15 is 0 Å². The van der Waals surface area contributed by atoms with Gasteiger partial charge in [-0.15, -0.1) is 0 Å². The largest absolute Gasteiger partial charge is 0.481 e. The van der Waals surface area contributed by atoms with Crippen LogP contribution in [0.25, 0.3) is 11.0 Å². The van der Waals surface area contributed by atoms with E-state index in [9.17, 15) is 9.59 Å². The van der Waals surface area contributed by atoms with Crippen molar-refractivity contribution < 1.29 is 14.7 Å². The highest BCUT2D eigenvalue weighted by Crippen LogP contribution is 2.23. The van der Waals surface area contributed by atoms with E-state index in [1.165, 1.54) is 0 Å². The smallest absolute Gasteiger partial charge is 0.303 e. The van der Waals surface area contributed by atoms with E-state index in [4.69, 9.17) is 5.11 Å². The fourth-order valence-corrected chi connectivity index (χ4v) is 2.74. The lowest BCUT2D eigenvalue weighted by molar-refractivity contribution is -0.137. The topological polar surface area (TPSA) is 99.2 Å². The van der Waals surface area contributed by atoms with Crippen LogP contribution in [0, 0.1) is 5.92 Å². The van der Waals surface area contributed by atoms with Crippen molar-refractivity contribution in [2.75, 3.05) is 13.1 Å². The molecule has 1 aliphatic heterocycles. The van der Waals surface area contributed by atoms with E-state index in [0.717, 1.165) is 11.9 Å². The number of rotatable bonds is 4. The molecule has 0 saturated carbocycles. The van der Waals surface area contributed by atoms with Gasteiger partial charge in [-0.25, -0.2) is 0 Å². The van der Waals surface area contributed by atoms with E-state index in [2.05, 4.69) is 15.4 Å². The van der Waals surface area contributed by atoms with Crippen LogP contribution in [0.15, 0.2) is 18.2 Å². The van der Waals surface area contributed by atoms with Crippen molar-refractivity contribution in [1.29, 1.82) is 0 Å². The average molecular weight is 288 g/mol. The van der Waals surface area contributed by atoms with Crippen LogP contribution in [0.3, 0.4) is 0 Å². The standard InChI is InChI=1S/C14H16N4O3/c19-13(20)4-1-9-5-6-18(8-9)14(21)10-2-3-11-12(7-10)16-17-15-11/h2-3,7,9H,1,4-6,8H2,(H,19,20)(H,15,16,17). The Bertz CT molecular complexity index is 682. The van der Waals surface area contributed by atoms with Crippen molar-refractivity contribution in [3.8, 4) is 0 Å². The minimum absolute atomic E-state index is 0.0299. The summed E-state index contributed by atoms with van der Waals surface area (Å²) < 4.78 is 0. The van der Waals surface area contributed by atoms with Crippen LogP contribution in [0.1, 0.15) is 29.6 Å². The summed E-state index contributed by atoms with van der Waals surface area (Å²) in [5.41, 5.74) is 1.99.